The predicted molar refractivity (Wildman–Crippen MR) is 77.4 cm³/mol. The van der Waals surface area contributed by atoms with Crippen molar-refractivity contribution in [2.24, 2.45) is 0 Å². The molecule has 96 valence electrons. The molecule has 0 amide bonds. The number of hydrogen-bond donors (Lipinski definition) is 2. The molecule has 1 aromatic heterocycles. The molecule has 0 aliphatic heterocycles. The summed E-state index contributed by atoms with van der Waals surface area (Å²) in [5, 5.41) is 4.12. The van der Waals surface area contributed by atoms with Gasteiger partial charge in [0.05, 0.1) is 0 Å². The van der Waals surface area contributed by atoms with Gasteiger partial charge in [-0.25, -0.2) is 4.98 Å². The SMILES string of the molecule is CCNC(CSC(C)C)c1cc(C)cnc1N. The molecule has 0 aliphatic rings. The third kappa shape index (κ3) is 4.56. The van der Waals surface area contributed by atoms with E-state index in [1.165, 1.54) is 0 Å². The number of nitrogen functional groups attached to an aromatic ring is 1. The summed E-state index contributed by atoms with van der Waals surface area (Å²) < 4.78 is 0. The van der Waals surface area contributed by atoms with Crippen LogP contribution >= 0.6 is 11.8 Å². The van der Waals surface area contributed by atoms with E-state index in [0.717, 1.165) is 23.4 Å². The van der Waals surface area contributed by atoms with Gasteiger partial charge in [-0.1, -0.05) is 20.8 Å². The molecule has 0 spiro atoms. The third-order valence-electron chi connectivity index (χ3n) is 2.51. The Balaban J connectivity index is 2.84. The molecule has 3 N–H and O–H groups in total. The van der Waals surface area contributed by atoms with E-state index >= 15 is 0 Å². The molecule has 1 heterocycles. The highest BCUT2D eigenvalue weighted by atomic mass is 32.2. The molecule has 0 saturated heterocycles. The van der Waals surface area contributed by atoms with Crippen molar-refractivity contribution in [1.29, 1.82) is 0 Å². The monoisotopic (exact) mass is 253 g/mol. The molecule has 1 unspecified atom stereocenters. The van der Waals surface area contributed by atoms with Crippen LogP contribution in [0.25, 0.3) is 0 Å². The zero-order chi connectivity index (χ0) is 12.8. The van der Waals surface area contributed by atoms with Gasteiger partial charge in [0.2, 0.25) is 0 Å². The molecule has 1 rings (SSSR count). The van der Waals surface area contributed by atoms with Crippen LogP contribution < -0.4 is 11.1 Å². The van der Waals surface area contributed by atoms with Crippen molar-refractivity contribution in [3.05, 3.63) is 23.4 Å². The topological polar surface area (TPSA) is 50.9 Å². The summed E-state index contributed by atoms with van der Waals surface area (Å²) in [7, 11) is 0. The fraction of sp³-hybridized carbons (Fsp3) is 0.615. The minimum absolute atomic E-state index is 0.291. The number of rotatable bonds is 6. The molecule has 0 aliphatic carbocycles. The van der Waals surface area contributed by atoms with Crippen LogP contribution in [0.2, 0.25) is 0 Å². The second-order valence-corrected chi connectivity index (χ2v) is 6.09. The van der Waals surface area contributed by atoms with Crippen molar-refractivity contribution in [2.75, 3.05) is 18.0 Å². The minimum Gasteiger partial charge on any atom is -0.383 e. The lowest BCUT2D eigenvalue weighted by atomic mass is 10.1. The molecular weight excluding hydrogens is 230 g/mol. The van der Waals surface area contributed by atoms with E-state index in [1.54, 1.807) is 0 Å². The average Bonchev–Trinajstić information content (AvgIpc) is 2.27. The molecule has 0 fully saturated rings. The number of aromatic nitrogens is 1. The van der Waals surface area contributed by atoms with Gasteiger partial charge in [0.1, 0.15) is 5.82 Å². The number of nitrogens with one attached hydrogen (secondary N) is 1. The molecule has 1 aromatic rings. The van der Waals surface area contributed by atoms with Crippen LogP contribution in [0, 0.1) is 6.92 Å². The Labute approximate surface area is 109 Å². The van der Waals surface area contributed by atoms with E-state index < -0.39 is 0 Å². The number of anilines is 1. The Bertz CT molecular complexity index is 353. The summed E-state index contributed by atoms with van der Waals surface area (Å²) in [6.07, 6.45) is 1.82. The van der Waals surface area contributed by atoms with E-state index in [2.05, 4.69) is 44.1 Å². The molecular formula is C13H23N3S. The van der Waals surface area contributed by atoms with Gasteiger partial charge in [0.25, 0.3) is 0 Å². The average molecular weight is 253 g/mol. The predicted octanol–water partition coefficient (Wildman–Crippen LogP) is 2.76. The fourth-order valence-electron chi connectivity index (χ4n) is 1.68. The number of aryl methyl sites for hydroxylation is 1. The first kappa shape index (κ1) is 14.3. The number of nitrogens with zero attached hydrogens (tertiary/aromatic N) is 1. The Hall–Kier alpha value is -0.740. The number of hydrogen-bond acceptors (Lipinski definition) is 4. The summed E-state index contributed by atoms with van der Waals surface area (Å²) in [5.74, 6) is 1.67. The smallest absolute Gasteiger partial charge is 0.128 e. The van der Waals surface area contributed by atoms with Gasteiger partial charge in [0, 0.05) is 23.6 Å². The standard InChI is InChI=1S/C13H23N3S/c1-5-15-12(8-17-9(2)3)11-6-10(4)7-16-13(11)14/h6-7,9,12,15H,5,8H2,1-4H3,(H2,14,16). The van der Waals surface area contributed by atoms with Gasteiger partial charge in [0.15, 0.2) is 0 Å². The maximum absolute atomic E-state index is 5.97. The van der Waals surface area contributed by atoms with Crippen LogP contribution in [0.4, 0.5) is 5.82 Å². The summed E-state index contributed by atoms with van der Waals surface area (Å²) in [6, 6.07) is 2.43. The van der Waals surface area contributed by atoms with Crippen molar-refractivity contribution in [2.45, 2.75) is 39.0 Å². The molecule has 1 atom stereocenters. The van der Waals surface area contributed by atoms with Crippen LogP contribution in [0.15, 0.2) is 12.3 Å². The lowest BCUT2D eigenvalue weighted by Crippen LogP contribution is -2.25. The molecule has 3 nitrogen and oxygen atoms in total. The number of nitrogens with two attached hydrogens (primary N) is 1. The molecule has 0 saturated carbocycles. The van der Waals surface area contributed by atoms with E-state index in [0.29, 0.717) is 17.1 Å². The van der Waals surface area contributed by atoms with Gasteiger partial charge >= 0.3 is 0 Å². The van der Waals surface area contributed by atoms with Gasteiger partial charge in [-0.3, -0.25) is 0 Å². The van der Waals surface area contributed by atoms with E-state index in [4.69, 9.17) is 5.73 Å². The Morgan fingerprint density at radius 2 is 2.18 bits per heavy atom. The summed E-state index contributed by atoms with van der Waals surface area (Å²) in [6.45, 7) is 9.54. The first-order chi connectivity index (χ1) is 8.04. The van der Waals surface area contributed by atoms with Gasteiger partial charge < -0.3 is 11.1 Å². The Morgan fingerprint density at radius 3 is 2.76 bits per heavy atom. The minimum atomic E-state index is 0.291. The van der Waals surface area contributed by atoms with Crippen LogP contribution in [0.1, 0.15) is 37.9 Å². The molecule has 17 heavy (non-hydrogen) atoms. The first-order valence-electron chi connectivity index (χ1n) is 6.11. The van der Waals surface area contributed by atoms with Gasteiger partial charge in [-0.15, -0.1) is 0 Å². The van der Waals surface area contributed by atoms with E-state index in [9.17, 15) is 0 Å². The van der Waals surface area contributed by atoms with Crippen molar-refractivity contribution in [3.8, 4) is 0 Å². The highest BCUT2D eigenvalue weighted by molar-refractivity contribution is 7.99. The largest absolute Gasteiger partial charge is 0.383 e. The molecule has 0 aromatic carbocycles. The van der Waals surface area contributed by atoms with Crippen LogP contribution in [0.3, 0.4) is 0 Å². The lowest BCUT2D eigenvalue weighted by Gasteiger charge is -2.20. The lowest BCUT2D eigenvalue weighted by molar-refractivity contribution is 0.605. The fourth-order valence-corrected chi connectivity index (χ4v) is 2.55. The van der Waals surface area contributed by atoms with Crippen LogP contribution in [0.5, 0.6) is 0 Å². The molecule has 0 bridgehead atoms. The highest BCUT2D eigenvalue weighted by Crippen LogP contribution is 2.25. The summed E-state index contributed by atoms with van der Waals surface area (Å²) in [4.78, 5) is 4.24. The second kappa shape index (κ2) is 6.87. The van der Waals surface area contributed by atoms with Crippen molar-refractivity contribution in [1.82, 2.24) is 10.3 Å². The van der Waals surface area contributed by atoms with Gasteiger partial charge in [-0.05, 0) is 30.3 Å². The van der Waals surface area contributed by atoms with Crippen LogP contribution in [-0.2, 0) is 0 Å². The quantitative estimate of drug-likeness (QED) is 0.818. The molecule has 4 heteroatoms. The zero-order valence-electron chi connectivity index (χ0n) is 11.2. The maximum Gasteiger partial charge on any atom is 0.128 e. The van der Waals surface area contributed by atoms with Crippen molar-refractivity contribution < 1.29 is 0 Å². The third-order valence-corrected chi connectivity index (χ3v) is 3.70. The van der Waals surface area contributed by atoms with Crippen molar-refractivity contribution >= 4 is 17.6 Å². The van der Waals surface area contributed by atoms with E-state index in [1.807, 2.05) is 18.0 Å². The Morgan fingerprint density at radius 1 is 1.47 bits per heavy atom. The maximum atomic E-state index is 5.97. The van der Waals surface area contributed by atoms with Crippen LogP contribution in [-0.4, -0.2) is 22.5 Å². The number of pyridine rings is 1. The molecule has 0 radical (unpaired) electrons. The van der Waals surface area contributed by atoms with E-state index in [-0.39, 0.29) is 0 Å². The van der Waals surface area contributed by atoms with Gasteiger partial charge in [-0.2, -0.15) is 11.8 Å². The first-order valence-corrected chi connectivity index (χ1v) is 7.16. The number of thioether (sulfide) groups is 1. The Kier molecular flexibility index (Phi) is 5.78. The summed E-state index contributed by atoms with van der Waals surface area (Å²) in [5.41, 5.74) is 8.25. The highest BCUT2D eigenvalue weighted by Gasteiger charge is 2.15. The second-order valence-electron chi connectivity index (χ2n) is 4.48. The normalized spacial score (nSPS) is 13.0. The summed E-state index contributed by atoms with van der Waals surface area (Å²) >= 11 is 1.94. The zero-order valence-corrected chi connectivity index (χ0v) is 12.0. The van der Waals surface area contributed by atoms with Crippen molar-refractivity contribution in [3.63, 3.8) is 0 Å².